The Balaban J connectivity index is 1.56. The van der Waals surface area contributed by atoms with Crippen molar-refractivity contribution in [2.75, 3.05) is 32.0 Å². The first-order valence-corrected chi connectivity index (χ1v) is 11.9. The molecule has 1 saturated heterocycles. The predicted octanol–water partition coefficient (Wildman–Crippen LogP) is 3.98. The molecule has 1 unspecified atom stereocenters. The number of ether oxygens (including phenoxy) is 1. The van der Waals surface area contributed by atoms with E-state index in [9.17, 15) is 4.79 Å². The first kappa shape index (κ1) is 21.6. The number of amides is 1. The molecule has 156 valence electrons. The Morgan fingerprint density at radius 1 is 1.25 bits per heavy atom. The Kier molecular flexibility index (Phi) is 8.62. The SMILES string of the molecule is CCO[C@@H]1CCCN(C[C@H]2CCCCC2NC(=O)c2ccc(SCC)nc2)C1. The minimum absolute atomic E-state index is 0.0169. The van der Waals surface area contributed by atoms with E-state index in [0.29, 0.717) is 17.6 Å². The van der Waals surface area contributed by atoms with Gasteiger partial charge in [0.25, 0.3) is 5.91 Å². The average Bonchev–Trinajstić information content (AvgIpc) is 2.71. The maximum Gasteiger partial charge on any atom is 0.253 e. The molecule has 5 nitrogen and oxygen atoms in total. The van der Waals surface area contributed by atoms with Gasteiger partial charge in [0.15, 0.2) is 0 Å². The number of likely N-dealkylation sites (tertiary alicyclic amines) is 1. The maximum absolute atomic E-state index is 12.8. The van der Waals surface area contributed by atoms with Crippen molar-refractivity contribution in [3.8, 4) is 0 Å². The third-order valence-corrected chi connectivity index (χ3v) is 6.70. The van der Waals surface area contributed by atoms with Gasteiger partial charge < -0.3 is 15.0 Å². The van der Waals surface area contributed by atoms with Crippen LogP contribution >= 0.6 is 11.8 Å². The lowest BCUT2D eigenvalue weighted by Crippen LogP contribution is -2.49. The van der Waals surface area contributed by atoms with E-state index in [4.69, 9.17) is 4.74 Å². The number of hydrogen-bond donors (Lipinski definition) is 1. The summed E-state index contributed by atoms with van der Waals surface area (Å²) in [6.45, 7) is 8.23. The van der Waals surface area contributed by atoms with Crippen LogP contribution in [0.25, 0.3) is 0 Å². The fraction of sp³-hybridized carbons (Fsp3) is 0.727. The molecular formula is C22H35N3O2S. The number of carbonyl (C=O) groups excluding carboxylic acids is 1. The molecule has 28 heavy (non-hydrogen) atoms. The standard InChI is InChI=1S/C22H35N3O2S/c1-3-27-19-9-7-13-25(16-19)15-18-8-5-6-10-20(18)24-22(26)17-11-12-21(23-14-17)28-4-2/h11-12,14,18-20H,3-10,13,15-16H2,1-2H3,(H,24,26)/t18-,19-,20?/m1/s1. The summed E-state index contributed by atoms with van der Waals surface area (Å²) >= 11 is 1.70. The number of nitrogens with zero attached hydrogens (tertiary/aromatic N) is 2. The Morgan fingerprint density at radius 3 is 2.86 bits per heavy atom. The molecular weight excluding hydrogens is 370 g/mol. The summed E-state index contributed by atoms with van der Waals surface area (Å²) in [6, 6.07) is 4.11. The molecule has 2 heterocycles. The van der Waals surface area contributed by atoms with Gasteiger partial charge in [0.05, 0.1) is 16.7 Å². The van der Waals surface area contributed by atoms with Crippen molar-refractivity contribution in [1.82, 2.24) is 15.2 Å². The van der Waals surface area contributed by atoms with Gasteiger partial charge in [-0.3, -0.25) is 4.79 Å². The van der Waals surface area contributed by atoms with Crippen molar-refractivity contribution in [3.63, 3.8) is 0 Å². The number of pyridine rings is 1. The van der Waals surface area contributed by atoms with Gasteiger partial charge in [-0.1, -0.05) is 19.8 Å². The quantitative estimate of drug-likeness (QED) is 0.663. The molecule has 1 aliphatic heterocycles. The van der Waals surface area contributed by atoms with Crippen molar-refractivity contribution in [2.45, 2.75) is 69.5 Å². The lowest BCUT2D eigenvalue weighted by molar-refractivity contribution is -0.00150. The number of nitrogens with one attached hydrogen (secondary N) is 1. The van der Waals surface area contributed by atoms with Crippen molar-refractivity contribution in [3.05, 3.63) is 23.9 Å². The molecule has 0 radical (unpaired) electrons. The van der Waals surface area contributed by atoms with E-state index in [1.165, 1.54) is 32.1 Å². The number of carbonyl (C=O) groups is 1. The van der Waals surface area contributed by atoms with Crippen molar-refractivity contribution >= 4 is 17.7 Å². The number of hydrogen-bond acceptors (Lipinski definition) is 5. The second-order valence-corrected chi connectivity index (χ2v) is 9.21. The van der Waals surface area contributed by atoms with Crippen LogP contribution in [0.15, 0.2) is 23.4 Å². The third-order valence-electron chi connectivity index (χ3n) is 5.87. The maximum atomic E-state index is 12.8. The summed E-state index contributed by atoms with van der Waals surface area (Å²) in [5.41, 5.74) is 0.666. The molecule has 1 saturated carbocycles. The molecule has 6 heteroatoms. The monoisotopic (exact) mass is 405 g/mol. The van der Waals surface area contributed by atoms with Crippen LogP contribution in [0.5, 0.6) is 0 Å². The number of rotatable bonds is 8. The third kappa shape index (κ3) is 6.19. The van der Waals surface area contributed by atoms with Crippen LogP contribution in [0.4, 0.5) is 0 Å². The molecule has 1 amide bonds. The Hall–Kier alpha value is -1.11. The molecule has 1 N–H and O–H groups in total. The zero-order chi connectivity index (χ0) is 19.8. The van der Waals surface area contributed by atoms with Crippen molar-refractivity contribution in [1.29, 1.82) is 0 Å². The second kappa shape index (κ2) is 11.2. The fourth-order valence-electron chi connectivity index (χ4n) is 4.50. The molecule has 3 atom stereocenters. The van der Waals surface area contributed by atoms with E-state index in [-0.39, 0.29) is 11.9 Å². The highest BCUT2D eigenvalue weighted by Crippen LogP contribution is 2.27. The lowest BCUT2D eigenvalue weighted by atomic mass is 9.83. The van der Waals surface area contributed by atoms with Crippen LogP contribution in [0.1, 0.15) is 62.7 Å². The normalized spacial score (nSPS) is 26.1. The van der Waals surface area contributed by atoms with Crippen LogP contribution in [-0.4, -0.2) is 59.9 Å². The van der Waals surface area contributed by atoms with Gasteiger partial charge in [-0.25, -0.2) is 4.98 Å². The van der Waals surface area contributed by atoms with Crippen LogP contribution in [0.2, 0.25) is 0 Å². The smallest absolute Gasteiger partial charge is 0.253 e. The molecule has 1 aromatic heterocycles. The zero-order valence-corrected chi connectivity index (χ0v) is 18.2. The van der Waals surface area contributed by atoms with Gasteiger partial charge in [0.2, 0.25) is 0 Å². The molecule has 2 aliphatic rings. The average molecular weight is 406 g/mol. The van der Waals surface area contributed by atoms with Gasteiger partial charge in [-0.2, -0.15) is 0 Å². The minimum atomic E-state index is 0.0169. The van der Waals surface area contributed by atoms with E-state index in [1.54, 1.807) is 18.0 Å². The highest BCUT2D eigenvalue weighted by Gasteiger charge is 2.30. The number of piperidine rings is 1. The molecule has 1 aliphatic carbocycles. The first-order chi connectivity index (χ1) is 13.7. The summed E-state index contributed by atoms with van der Waals surface area (Å²) in [4.78, 5) is 19.7. The summed E-state index contributed by atoms with van der Waals surface area (Å²) in [5, 5.41) is 4.29. The molecule has 3 rings (SSSR count). The van der Waals surface area contributed by atoms with Crippen LogP contribution in [0.3, 0.4) is 0 Å². The summed E-state index contributed by atoms with van der Waals surface area (Å²) in [7, 11) is 0. The van der Waals surface area contributed by atoms with Gasteiger partial charge in [0, 0.05) is 31.9 Å². The summed E-state index contributed by atoms with van der Waals surface area (Å²) < 4.78 is 5.86. The van der Waals surface area contributed by atoms with Crippen LogP contribution in [0, 0.1) is 5.92 Å². The van der Waals surface area contributed by atoms with E-state index in [2.05, 4.69) is 29.0 Å². The van der Waals surface area contributed by atoms with E-state index >= 15 is 0 Å². The van der Waals surface area contributed by atoms with E-state index < -0.39 is 0 Å². The largest absolute Gasteiger partial charge is 0.377 e. The predicted molar refractivity (Wildman–Crippen MR) is 115 cm³/mol. The van der Waals surface area contributed by atoms with Gasteiger partial charge in [-0.15, -0.1) is 11.8 Å². The van der Waals surface area contributed by atoms with Gasteiger partial charge in [0.1, 0.15) is 0 Å². The zero-order valence-electron chi connectivity index (χ0n) is 17.4. The molecule has 0 aromatic carbocycles. The Morgan fingerprint density at radius 2 is 2.11 bits per heavy atom. The van der Waals surface area contributed by atoms with Crippen LogP contribution < -0.4 is 5.32 Å². The number of thioether (sulfide) groups is 1. The highest BCUT2D eigenvalue weighted by molar-refractivity contribution is 7.99. The highest BCUT2D eigenvalue weighted by atomic mass is 32.2. The van der Waals surface area contributed by atoms with E-state index in [0.717, 1.165) is 43.4 Å². The Bertz CT molecular complexity index is 608. The fourth-order valence-corrected chi connectivity index (χ4v) is 5.09. The van der Waals surface area contributed by atoms with Crippen molar-refractivity contribution < 1.29 is 9.53 Å². The number of aromatic nitrogens is 1. The molecule has 2 fully saturated rings. The minimum Gasteiger partial charge on any atom is -0.377 e. The molecule has 0 bridgehead atoms. The molecule has 0 spiro atoms. The molecule has 1 aromatic rings. The van der Waals surface area contributed by atoms with Crippen LogP contribution in [-0.2, 0) is 4.74 Å². The van der Waals surface area contributed by atoms with Gasteiger partial charge >= 0.3 is 0 Å². The summed E-state index contributed by atoms with van der Waals surface area (Å²) in [6.07, 6.45) is 9.22. The van der Waals surface area contributed by atoms with Gasteiger partial charge in [-0.05, 0) is 63.0 Å². The second-order valence-electron chi connectivity index (χ2n) is 7.92. The summed E-state index contributed by atoms with van der Waals surface area (Å²) in [5.74, 6) is 1.53. The first-order valence-electron chi connectivity index (χ1n) is 10.9. The topological polar surface area (TPSA) is 54.5 Å². The Labute approximate surface area is 174 Å². The van der Waals surface area contributed by atoms with Crippen molar-refractivity contribution in [2.24, 2.45) is 5.92 Å². The lowest BCUT2D eigenvalue weighted by Gasteiger charge is -2.39. The van der Waals surface area contributed by atoms with E-state index in [1.807, 2.05) is 12.1 Å².